The molecule has 0 aromatic carbocycles. The second-order valence-electron chi connectivity index (χ2n) is 4.95. The van der Waals surface area contributed by atoms with Gasteiger partial charge in [0.15, 0.2) is 5.76 Å². The first-order valence-electron chi connectivity index (χ1n) is 6.56. The summed E-state index contributed by atoms with van der Waals surface area (Å²) in [6.45, 7) is 8.15. The molecule has 1 fully saturated rings. The molecule has 0 saturated carbocycles. The van der Waals surface area contributed by atoms with Crippen LogP contribution in [0.15, 0.2) is 10.6 Å². The van der Waals surface area contributed by atoms with Crippen molar-refractivity contribution in [2.45, 2.75) is 26.4 Å². The summed E-state index contributed by atoms with van der Waals surface area (Å²) >= 11 is 0. The second kappa shape index (κ2) is 6.16. The Labute approximate surface area is 113 Å². The van der Waals surface area contributed by atoms with Gasteiger partial charge >= 0.3 is 5.97 Å². The van der Waals surface area contributed by atoms with Crippen molar-refractivity contribution in [2.24, 2.45) is 0 Å². The predicted molar refractivity (Wildman–Crippen MR) is 69.6 cm³/mol. The van der Waals surface area contributed by atoms with Gasteiger partial charge in [-0.3, -0.25) is 14.6 Å². The molecule has 1 saturated heterocycles. The molecule has 0 spiro atoms. The van der Waals surface area contributed by atoms with Crippen molar-refractivity contribution in [2.75, 3.05) is 33.3 Å². The number of nitrogens with zero attached hydrogens (tertiary/aromatic N) is 3. The van der Waals surface area contributed by atoms with Gasteiger partial charge in [0.1, 0.15) is 6.04 Å². The summed E-state index contributed by atoms with van der Waals surface area (Å²) in [5.74, 6) is 0.728. The molecule has 6 nitrogen and oxygen atoms in total. The van der Waals surface area contributed by atoms with Gasteiger partial charge in [0.2, 0.25) is 0 Å². The van der Waals surface area contributed by atoms with Gasteiger partial charge in [0.25, 0.3) is 0 Å². The molecule has 106 valence electrons. The van der Waals surface area contributed by atoms with Gasteiger partial charge in [-0.25, -0.2) is 0 Å². The van der Waals surface area contributed by atoms with E-state index in [0.29, 0.717) is 0 Å². The van der Waals surface area contributed by atoms with E-state index in [9.17, 15) is 4.79 Å². The summed E-state index contributed by atoms with van der Waals surface area (Å²) in [4.78, 5) is 15.9. The molecule has 0 aliphatic carbocycles. The zero-order valence-corrected chi connectivity index (χ0v) is 11.8. The summed E-state index contributed by atoms with van der Waals surface area (Å²) in [5, 5.41) is 3.89. The van der Waals surface area contributed by atoms with E-state index in [0.717, 1.165) is 44.2 Å². The monoisotopic (exact) mass is 267 g/mol. The maximum atomic E-state index is 11.5. The lowest BCUT2D eigenvalue weighted by atomic mass is 10.2. The van der Waals surface area contributed by atoms with Gasteiger partial charge in [-0.05, 0) is 13.8 Å². The Hall–Kier alpha value is -1.40. The third kappa shape index (κ3) is 3.54. The highest BCUT2D eigenvalue weighted by molar-refractivity contribution is 5.75. The minimum atomic E-state index is -0.167. The van der Waals surface area contributed by atoms with E-state index in [1.807, 2.05) is 19.9 Å². The first-order chi connectivity index (χ1) is 9.10. The van der Waals surface area contributed by atoms with Crippen molar-refractivity contribution in [3.05, 3.63) is 17.5 Å². The van der Waals surface area contributed by atoms with Gasteiger partial charge in [0.05, 0.1) is 19.3 Å². The van der Waals surface area contributed by atoms with Crippen LogP contribution in [0.5, 0.6) is 0 Å². The number of aromatic nitrogens is 1. The third-order valence-electron chi connectivity index (χ3n) is 3.55. The Morgan fingerprint density at radius 3 is 2.68 bits per heavy atom. The number of ether oxygens (including phenoxy) is 1. The fourth-order valence-electron chi connectivity index (χ4n) is 2.34. The van der Waals surface area contributed by atoms with Crippen LogP contribution in [0.4, 0.5) is 0 Å². The molecule has 1 atom stereocenters. The predicted octanol–water partition coefficient (Wildman–Crippen LogP) is 0.662. The van der Waals surface area contributed by atoms with Gasteiger partial charge < -0.3 is 9.26 Å². The summed E-state index contributed by atoms with van der Waals surface area (Å²) < 4.78 is 9.99. The van der Waals surface area contributed by atoms with Crippen LogP contribution in [0.25, 0.3) is 0 Å². The lowest BCUT2D eigenvalue weighted by molar-refractivity contribution is -0.147. The van der Waals surface area contributed by atoms with E-state index in [2.05, 4.69) is 15.0 Å². The van der Waals surface area contributed by atoms with E-state index in [1.54, 1.807) is 0 Å². The largest absolute Gasteiger partial charge is 0.468 e. The highest BCUT2D eigenvalue weighted by Crippen LogP contribution is 2.11. The van der Waals surface area contributed by atoms with E-state index >= 15 is 0 Å². The molecule has 6 heteroatoms. The molecular formula is C13H21N3O3. The van der Waals surface area contributed by atoms with Gasteiger partial charge in [-0.2, -0.15) is 0 Å². The quantitative estimate of drug-likeness (QED) is 0.747. The standard InChI is InChI=1S/C13H21N3O3/c1-10-8-12(19-14-10)9-15-4-6-16(7-5-15)11(2)13(17)18-3/h8,11H,4-7,9H2,1-3H3. The molecule has 19 heavy (non-hydrogen) atoms. The number of hydrogen-bond acceptors (Lipinski definition) is 6. The molecule has 0 amide bonds. The zero-order valence-electron chi connectivity index (χ0n) is 11.8. The SMILES string of the molecule is COC(=O)C(C)N1CCN(Cc2cc(C)no2)CC1. The summed E-state index contributed by atoms with van der Waals surface area (Å²) in [6, 6.07) is 1.79. The van der Waals surface area contributed by atoms with Crippen LogP contribution in [0.1, 0.15) is 18.4 Å². The van der Waals surface area contributed by atoms with E-state index < -0.39 is 0 Å². The first kappa shape index (κ1) is 14.0. The maximum absolute atomic E-state index is 11.5. The van der Waals surface area contributed by atoms with Crippen LogP contribution in [-0.2, 0) is 16.1 Å². The summed E-state index contributed by atoms with van der Waals surface area (Å²) in [5.41, 5.74) is 0.910. The number of esters is 1. The zero-order chi connectivity index (χ0) is 13.8. The maximum Gasteiger partial charge on any atom is 0.322 e. The normalized spacial score (nSPS) is 19.3. The number of methoxy groups -OCH3 is 1. The van der Waals surface area contributed by atoms with Crippen LogP contribution in [0, 0.1) is 6.92 Å². The molecular weight excluding hydrogens is 246 g/mol. The molecule has 1 unspecified atom stereocenters. The average molecular weight is 267 g/mol. The Balaban J connectivity index is 1.80. The summed E-state index contributed by atoms with van der Waals surface area (Å²) in [6.07, 6.45) is 0. The molecule has 1 aliphatic rings. The van der Waals surface area contributed by atoms with Gasteiger partial charge in [-0.1, -0.05) is 5.16 Å². The minimum absolute atomic E-state index is 0.167. The second-order valence-corrected chi connectivity index (χ2v) is 4.95. The molecule has 0 N–H and O–H groups in total. The van der Waals surface area contributed by atoms with Crippen molar-refractivity contribution in [3.8, 4) is 0 Å². The molecule has 0 radical (unpaired) electrons. The molecule has 1 aliphatic heterocycles. The number of rotatable bonds is 4. The van der Waals surface area contributed by atoms with E-state index in [4.69, 9.17) is 9.26 Å². The van der Waals surface area contributed by atoms with Gasteiger partial charge in [0, 0.05) is 32.2 Å². The highest BCUT2D eigenvalue weighted by Gasteiger charge is 2.26. The first-order valence-corrected chi connectivity index (χ1v) is 6.56. The lowest BCUT2D eigenvalue weighted by Crippen LogP contribution is -2.51. The van der Waals surface area contributed by atoms with Crippen molar-refractivity contribution in [1.82, 2.24) is 15.0 Å². The average Bonchev–Trinajstić information content (AvgIpc) is 2.83. The molecule has 1 aromatic heterocycles. The van der Waals surface area contributed by atoms with Crippen LogP contribution in [0.2, 0.25) is 0 Å². The fraction of sp³-hybridized carbons (Fsp3) is 0.692. The number of aryl methyl sites for hydroxylation is 1. The van der Waals surface area contributed by atoms with Crippen LogP contribution >= 0.6 is 0 Å². The number of carbonyl (C=O) groups excluding carboxylic acids is 1. The highest BCUT2D eigenvalue weighted by atomic mass is 16.5. The van der Waals surface area contributed by atoms with Crippen molar-refractivity contribution in [3.63, 3.8) is 0 Å². The molecule has 2 heterocycles. The number of hydrogen-bond donors (Lipinski definition) is 0. The van der Waals surface area contributed by atoms with E-state index in [-0.39, 0.29) is 12.0 Å². The van der Waals surface area contributed by atoms with Crippen molar-refractivity contribution < 1.29 is 14.1 Å². The Kier molecular flexibility index (Phi) is 4.55. The van der Waals surface area contributed by atoms with Crippen LogP contribution in [0.3, 0.4) is 0 Å². The number of carbonyl (C=O) groups is 1. The smallest absolute Gasteiger partial charge is 0.322 e. The van der Waals surface area contributed by atoms with Gasteiger partial charge in [-0.15, -0.1) is 0 Å². The lowest BCUT2D eigenvalue weighted by Gasteiger charge is -2.36. The van der Waals surface area contributed by atoms with Crippen molar-refractivity contribution in [1.29, 1.82) is 0 Å². The van der Waals surface area contributed by atoms with Crippen LogP contribution < -0.4 is 0 Å². The van der Waals surface area contributed by atoms with Crippen LogP contribution in [-0.4, -0.2) is 60.3 Å². The molecule has 1 aromatic rings. The Morgan fingerprint density at radius 2 is 2.16 bits per heavy atom. The van der Waals surface area contributed by atoms with E-state index in [1.165, 1.54) is 7.11 Å². The Bertz CT molecular complexity index is 425. The Morgan fingerprint density at radius 1 is 1.47 bits per heavy atom. The van der Waals surface area contributed by atoms with Crippen molar-refractivity contribution >= 4 is 5.97 Å². The molecule has 0 bridgehead atoms. The number of piperazine rings is 1. The fourth-order valence-corrected chi connectivity index (χ4v) is 2.34. The molecule has 2 rings (SSSR count). The third-order valence-corrected chi connectivity index (χ3v) is 3.55. The summed E-state index contributed by atoms with van der Waals surface area (Å²) in [7, 11) is 1.43. The minimum Gasteiger partial charge on any atom is -0.468 e. The topological polar surface area (TPSA) is 58.8 Å².